The van der Waals surface area contributed by atoms with Gasteiger partial charge in [0.05, 0.1) is 12.6 Å². The van der Waals surface area contributed by atoms with E-state index < -0.39 is 0 Å². The first-order valence-corrected chi connectivity index (χ1v) is 11.9. The number of carbonyl (C=O) groups excluding carboxylic acids is 1. The zero-order chi connectivity index (χ0) is 23.5. The van der Waals surface area contributed by atoms with Gasteiger partial charge in [0.25, 0.3) is 0 Å². The lowest BCUT2D eigenvalue weighted by molar-refractivity contribution is 0.208. The van der Waals surface area contributed by atoms with Crippen LogP contribution in [-0.2, 0) is 0 Å². The van der Waals surface area contributed by atoms with E-state index in [2.05, 4.69) is 32.2 Å². The van der Waals surface area contributed by atoms with Crippen LogP contribution in [-0.4, -0.2) is 54.2 Å². The highest BCUT2D eigenvalue weighted by atomic mass is 79.9. The lowest BCUT2D eigenvalue weighted by Gasteiger charge is -2.36. The molecule has 172 valence electrons. The number of hydrogen-bond acceptors (Lipinski definition) is 5. The van der Waals surface area contributed by atoms with E-state index in [0.29, 0.717) is 43.4 Å². The van der Waals surface area contributed by atoms with Crippen LogP contribution in [0.1, 0.15) is 0 Å². The minimum atomic E-state index is -0.115. The van der Waals surface area contributed by atoms with Crippen molar-refractivity contribution in [2.45, 2.75) is 0 Å². The Labute approximate surface area is 206 Å². The number of ether oxygens (including phenoxy) is 1. The molecule has 0 spiro atoms. The summed E-state index contributed by atoms with van der Waals surface area (Å²) in [5.74, 6) is 2.29. The van der Waals surface area contributed by atoms with Gasteiger partial charge in [-0.25, -0.2) is 14.8 Å². The molecule has 0 bridgehead atoms. The highest BCUT2D eigenvalue weighted by Crippen LogP contribution is 2.29. The molecule has 0 saturated carbocycles. The molecule has 1 N–H and O–H groups in total. The zero-order valence-electron chi connectivity index (χ0n) is 18.7. The van der Waals surface area contributed by atoms with E-state index in [0.717, 1.165) is 26.8 Å². The molecule has 1 aliphatic rings. The number of hydrogen-bond donors (Lipinski definition) is 1. The third-order valence-corrected chi connectivity index (χ3v) is 6.35. The molecule has 1 aromatic heterocycles. The Kier molecular flexibility index (Phi) is 6.31. The summed E-state index contributed by atoms with van der Waals surface area (Å²) >= 11 is 3.54. The molecule has 1 aliphatic heterocycles. The number of piperazine rings is 1. The number of methoxy groups -OCH3 is 1. The van der Waals surface area contributed by atoms with Crippen molar-refractivity contribution >= 4 is 44.4 Å². The predicted octanol–water partition coefficient (Wildman–Crippen LogP) is 5.42. The predicted molar refractivity (Wildman–Crippen MR) is 138 cm³/mol. The van der Waals surface area contributed by atoms with Gasteiger partial charge < -0.3 is 19.9 Å². The van der Waals surface area contributed by atoms with Crippen LogP contribution in [0, 0.1) is 0 Å². The summed E-state index contributed by atoms with van der Waals surface area (Å²) in [5, 5.41) is 3.97. The van der Waals surface area contributed by atoms with E-state index in [1.807, 2.05) is 71.6 Å². The summed E-state index contributed by atoms with van der Waals surface area (Å²) in [4.78, 5) is 26.6. The topological polar surface area (TPSA) is 70.6 Å². The molecule has 1 saturated heterocycles. The summed E-state index contributed by atoms with van der Waals surface area (Å²) in [6.07, 6.45) is 0. The van der Waals surface area contributed by atoms with Crippen LogP contribution in [0.3, 0.4) is 0 Å². The minimum Gasteiger partial charge on any atom is -0.497 e. The number of rotatable bonds is 4. The number of amides is 2. The monoisotopic (exact) mass is 517 g/mol. The van der Waals surface area contributed by atoms with Gasteiger partial charge in [0, 0.05) is 53.4 Å². The molecule has 8 heteroatoms. The number of aromatic nitrogens is 2. The first-order valence-electron chi connectivity index (χ1n) is 11.1. The average Bonchev–Trinajstić information content (AvgIpc) is 2.88. The third kappa shape index (κ3) is 4.68. The molecule has 3 aromatic carbocycles. The maximum atomic E-state index is 12.8. The summed E-state index contributed by atoms with van der Waals surface area (Å²) < 4.78 is 6.23. The van der Waals surface area contributed by atoms with Crippen molar-refractivity contribution in [3.8, 4) is 17.1 Å². The first kappa shape index (κ1) is 22.2. The van der Waals surface area contributed by atoms with E-state index in [1.54, 1.807) is 7.11 Å². The summed E-state index contributed by atoms with van der Waals surface area (Å²) in [7, 11) is 1.61. The quantitative estimate of drug-likeness (QED) is 0.391. The smallest absolute Gasteiger partial charge is 0.321 e. The van der Waals surface area contributed by atoms with Gasteiger partial charge in [-0.1, -0.05) is 46.3 Å². The average molecular weight is 518 g/mol. The number of anilines is 2. The number of carbonyl (C=O) groups is 1. The van der Waals surface area contributed by atoms with Crippen LogP contribution in [0.5, 0.6) is 5.75 Å². The Morgan fingerprint density at radius 2 is 1.74 bits per heavy atom. The third-order valence-electron chi connectivity index (χ3n) is 5.85. The molecular formula is C26H24BrN5O2. The normalized spacial score (nSPS) is 13.7. The van der Waals surface area contributed by atoms with Crippen molar-refractivity contribution in [2.75, 3.05) is 43.5 Å². The van der Waals surface area contributed by atoms with E-state index in [-0.39, 0.29) is 6.03 Å². The van der Waals surface area contributed by atoms with Crippen LogP contribution in [0.25, 0.3) is 22.3 Å². The van der Waals surface area contributed by atoms with Crippen molar-refractivity contribution in [3.63, 3.8) is 0 Å². The van der Waals surface area contributed by atoms with Gasteiger partial charge in [-0.3, -0.25) is 0 Å². The second-order valence-electron chi connectivity index (χ2n) is 8.03. The van der Waals surface area contributed by atoms with Gasteiger partial charge in [-0.2, -0.15) is 0 Å². The largest absolute Gasteiger partial charge is 0.497 e. The Morgan fingerprint density at radius 1 is 0.941 bits per heavy atom. The molecule has 0 aliphatic carbocycles. The van der Waals surface area contributed by atoms with Gasteiger partial charge in [-0.05, 0) is 36.4 Å². The fourth-order valence-electron chi connectivity index (χ4n) is 4.08. The van der Waals surface area contributed by atoms with Crippen molar-refractivity contribution in [2.24, 2.45) is 0 Å². The number of halogens is 1. The maximum Gasteiger partial charge on any atom is 0.321 e. The molecule has 2 amide bonds. The van der Waals surface area contributed by atoms with Crippen molar-refractivity contribution in [1.82, 2.24) is 14.9 Å². The van der Waals surface area contributed by atoms with E-state index in [1.165, 1.54) is 0 Å². The Bertz CT molecular complexity index is 1340. The number of para-hydroxylation sites is 1. The van der Waals surface area contributed by atoms with Gasteiger partial charge in [0.1, 0.15) is 11.6 Å². The van der Waals surface area contributed by atoms with Crippen LogP contribution in [0.2, 0.25) is 0 Å². The van der Waals surface area contributed by atoms with Crippen molar-refractivity contribution in [1.29, 1.82) is 0 Å². The van der Waals surface area contributed by atoms with Crippen LogP contribution in [0.15, 0.2) is 77.3 Å². The molecular weight excluding hydrogens is 494 g/mol. The molecule has 34 heavy (non-hydrogen) atoms. The molecule has 4 aromatic rings. The van der Waals surface area contributed by atoms with E-state index in [4.69, 9.17) is 14.7 Å². The van der Waals surface area contributed by atoms with Gasteiger partial charge in [-0.15, -0.1) is 0 Å². The highest BCUT2D eigenvalue weighted by Gasteiger charge is 2.24. The number of fused-ring (bicyclic) bond motifs is 1. The van der Waals surface area contributed by atoms with Crippen LogP contribution < -0.4 is 15.0 Å². The lowest BCUT2D eigenvalue weighted by atomic mass is 10.1. The fraction of sp³-hybridized carbons (Fsp3) is 0.192. The molecule has 7 nitrogen and oxygen atoms in total. The van der Waals surface area contributed by atoms with Crippen LogP contribution in [0.4, 0.5) is 16.3 Å². The molecule has 5 rings (SSSR count). The van der Waals surface area contributed by atoms with Gasteiger partial charge in [0.15, 0.2) is 5.82 Å². The molecule has 0 unspecified atom stereocenters. The van der Waals surface area contributed by atoms with Crippen molar-refractivity contribution < 1.29 is 9.53 Å². The van der Waals surface area contributed by atoms with Gasteiger partial charge in [0.2, 0.25) is 0 Å². The lowest BCUT2D eigenvalue weighted by Crippen LogP contribution is -2.50. The first-order chi connectivity index (χ1) is 16.6. The zero-order valence-corrected chi connectivity index (χ0v) is 20.3. The number of urea groups is 1. The van der Waals surface area contributed by atoms with Gasteiger partial charge >= 0.3 is 6.03 Å². The highest BCUT2D eigenvalue weighted by molar-refractivity contribution is 9.10. The molecule has 2 heterocycles. The Morgan fingerprint density at radius 3 is 2.53 bits per heavy atom. The molecule has 0 atom stereocenters. The standard InChI is InChI=1S/C26H24BrN5O2/c1-34-21-9-5-8-20(17-21)28-26(33)32-14-12-31(13-15-32)25-22-10-2-3-11-23(22)29-24(30-25)18-6-4-7-19(27)16-18/h2-11,16-17H,12-15H2,1H3,(H,28,33). The van der Waals surface area contributed by atoms with E-state index >= 15 is 0 Å². The molecule has 0 radical (unpaired) electrons. The Hall–Kier alpha value is -3.65. The van der Waals surface area contributed by atoms with Crippen LogP contribution >= 0.6 is 15.9 Å². The summed E-state index contributed by atoms with van der Waals surface area (Å²) in [5.41, 5.74) is 2.57. The van der Waals surface area contributed by atoms with E-state index in [9.17, 15) is 4.79 Å². The maximum absolute atomic E-state index is 12.8. The molecule has 1 fully saturated rings. The fourth-order valence-corrected chi connectivity index (χ4v) is 4.48. The minimum absolute atomic E-state index is 0.115. The second kappa shape index (κ2) is 9.69. The summed E-state index contributed by atoms with van der Waals surface area (Å²) in [6, 6.07) is 23.3. The second-order valence-corrected chi connectivity index (χ2v) is 8.95. The Balaban J connectivity index is 1.35. The van der Waals surface area contributed by atoms with Crippen molar-refractivity contribution in [3.05, 3.63) is 77.3 Å². The number of nitrogens with one attached hydrogen (secondary N) is 1. The summed E-state index contributed by atoms with van der Waals surface area (Å²) in [6.45, 7) is 2.57. The number of nitrogens with zero attached hydrogens (tertiary/aromatic N) is 4. The SMILES string of the molecule is COc1cccc(NC(=O)N2CCN(c3nc(-c4cccc(Br)c4)nc4ccccc34)CC2)c1. The number of benzene rings is 3.